The zero-order chi connectivity index (χ0) is 21.5. The molecule has 0 bridgehead atoms. The first kappa shape index (κ1) is 21.8. The van der Waals surface area contributed by atoms with Crippen molar-refractivity contribution in [1.82, 2.24) is 0 Å². The monoisotopic (exact) mass is 421 g/mol. The highest BCUT2D eigenvalue weighted by Crippen LogP contribution is 2.33. The lowest BCUT2D eigenvalue weighted by Crippen LogP contribution is -2.27. The number of carbonyl (C=O) groups excluding carboxylic acids is 2. The third-order valence-electron chi connectivity index (χ3n) is 5.12. The van der Waals surface area contributed by atoms with Gasteiger partial charge in [0, 0.05) is 10.8 Å². The first-order chi connectivity index (χ1) is 14.5. The molecule has 0 atom stereocenters. The van der Waals surface area contributed by atoms with Crippen molar-refractivity contribution in [1.29, 1.82) is 0 Å². The van der Waals surface area contributed by atoms with E-state index in [4.69, 9.17) is 4.74 Å². The molecule has 0 saturated heterocycles. The van der Waals surface area contributed by atoms with Crippen molar-refractivity contribution < 1.29 is 14.3 Å². The van der Waals surface area contributed by atoms with E-state index in [-0.39, 0.29) is 11.8 Å². The Labute approximate surface area is 181 Å². The van der Waals surface area contributed by atoms with Gasteiger partial charge in [-0.1, -0.05) is 60.7 Å². The lowest BCUT2D eigenvalue weighted by molar-refractivity contribution is -0.119. The van der Waals surface area contributed by atoms with E-state index in [0.29, 0.717) is 30.0 Å². The van der Waals surface area contributed by atoms with Crippen molar-refractivity contribution in [3.8, 4) is 0 Å². The molecule has 156 valence electrons. The Morgan fingerprint density at radius 3 is 1.97 bits per heavy atom. The molecule has 0 unspecified atom stereocenters. The predicted molar refractivity (Wildman–Crippen MR) is 122 cm³/mol. The second-order valence-corrected chi connectivity index (χ2v) is 8.50. The summed E-state index contributed by atoms with van der Waals surface area (Å²) < 4.78 is 5.21. The van der Waals surface area contributed by atoms with Crippen LogP contribution in [0.15, 0.2) is 60.7 Å². The molecule has 0 aliphatic rings. The number of hydrogen-bond acceptors (Lipinski definition) is 4. The van der Waals surface area contributed by atoms with Gasteiger partial charge in [-0.3, -0.25) is 4.79 Å². The van der Waals surface area contributed by atoms with Crippen LogP contribution in [0, 0.1) is 19.8 Å². The molecule has 5 heteroatoms. The maximum Gasteiger partial charge on any atom is 0.341 e. The van der Waals surface area contributed by atoms with Crippen molar-refractivity contribution in [3.05, 3.63) is 87.8 Å². The molecule has 30 heavy (non-hydrogen) atoms. The van der Waals surface area contributed by atoms with Crippen LogP contribution < -0.4 is 5.32 Å². The molecule has 3 rings (SSSR count). The number of carbonyl (C=O) groups is 2. The van der Waals surface area contributed by atoms with Gasteiger partial charge in [-0.2, -0.15) is 0 Å². The number of esters is 1. The number of anilines is 1. The van der Waals surface area contributed by atoms with E-state index in [9.17, 15) is 9.59 Å². The topological polar surface area (TPSA) is 55.4 Å². The van der Waals surface area contributed by atoms with Crippen LogP contribution in [0.3, 0.4) is 0 Å². The number of ether oxygens (including phenoxy) is 1. The molecule has 0 aliphatic heterocycles. The van der Waals surface area contributed by atoms with Crippen LogP contribution in [0.5, 0.6) is 0 Å². The van der Waals surface area contributed by atoms with Gasteiger partial charge in [0.05, 0.1) is 12.2 Å². The van der Waals surface area contributed by atoms with Crippen LogP contribution in [0.1, 0.15) is 38.8 Å². The first-order valence-electron chi connectivity index (χ1n) is 10.2. The Hall–Kier alpha value is -2.92. The Morgan fingerprint density at radius 1 is 0.933 bits per heavy atom. The highest BCUT2D eigenvalue weighted by molar-refractivity contribution is 7.16. The minimum absolute atomic E-state index is 0.0884. The number of benzene rings is 2. The van der Waals surface area contributed by atoms with E-state index in [1.54, 1.807) is 6.92 Å². The van der Waals surface area contributed by atoms with Gasteiger partial charge in [0.1, 0.15) is 5.00 Å². The average Bonchev–Trinajstić information content (AvgIpc) is 3.02. The summed E-state index contributed by atoms with van der Waals surface area (Å²) in [5.41, 5.74) is 3.54. The molecule has 4 nitrogen and oxygen atoms in total. The highest BCUT2D eigenvalue weighted by Gasteiger charge is 2.25. The molecule has 1 aromatic heterocycles. The van der Waals surface area contributed by atoms with Crippen molar-refractivity contribution in [2.45, 2.75) is 33.6 Å². The summed E-state index contributed by atoms with van der Waals surface area (Å²) in [6.45, 7) is 5.91. The third kappa shape index (κ3) is 5.36. The molecule has 2 aromatic carbocycles. The summed E-state index contributed by atoms with van der Waals surface area (Å²) in [6, 6.07) is 20.0. The lowest BCUT2D eigenvalue weighted by atomic mass is 9.91. The molecular weight excluding hydrogens is 394 g/mol. The van der Waals surface area contributed by atoms with Crippen molar-refractivity contribution in [3.63, 3.8) is 0 Å². The van der Waals surface area contributed by atoms with Crippen LogP contribution in [0.2, 0.25) is 0 Å². The van der Waals surface area contributed by atoms with Crippen molar-refractivity contribution in [2.75, 3.05) is 11.9 Å². The zero-order valence-corrected chi connectivity index (χ0v) is 18.4. The van der Waals surface area contributed by atoms with E-state index < -0.39 is 5.97 Å². The summed E-state index contributed by atoms with van der Waals surface area (Å²) >= 11 is 1.42. The van der Waals surface area contributed by atoms with Crippen LogP contribution in [-0.4, -0.2) is 18.5 Å². The molecule has 3 aromatic rings. The molecular formula is C25H27NO3S. The molecule has 0 saturated carbocycles. The number of thiophene rings is 1. The van der Waals surface area contributed by atoms with E-state index in [1.165, 1.54) is 11.3 Å². The standard InChI is InChI=1S/C25H27NO3S/c1-4-29-25(28)22-17(2)18(3)30-24(22)26-23(27)21(15-19-11-7-5-8-12-19)16-20-13-9-6-10-14-20/h5-14,21H,4,15-16H2,1-3H3,(H,26,27). The summed E-state index contributed by atoms with van der Waals surface area (Å²) in [6.07, 6.45) is 1.25. The third-order valence-corrected chi connectivity index (χ3v) is 6.24. The molecule has 1 amide bonds. The van der Waals surface area contributed by atoms with Crippen molar-refractivity contribution >= 4 is 28.2 Å². The molecule has 0 radical (unpaired) electrons. The SMILES string of the molecule is CCOC(=O)c1c(NC(=O)C(Cc2ccccc2)Cc2ccccc2)sc(C)c1C. The Morgan fingerprint density at radius 2 is 1.47 bits per heavy atom. The number of aryl methyl sites for hydroxylation is 1. The second-order valence-electron chi connectivity index (χ2n) is 7.27. The quantitative estimate of drug-likeness (QED) is 0.483. The van der Waals surface area contributed by atoms with Gasteiger partial charge in [-0.25, -0.2) is 4.79 Å². The van der Waals surface area contributed by atoms with Gasteiger partial charge in [0.25, 0.3) is 0 Å². The predicted octanol–water partition coefficient (Wildman–Crippen LogP) is 5.58. The van der Waals surface area contributed by atoms with E-state index in [0.717, 1.165) is 21.6 Å². The minimum atomic E-state index is -0.391. The number of nitrogens with one attached hydrogen (secondary N) is 1. The Balaban J connectivity index is 1.86. The van der Waals surface area contributed by atoms with Gasteiger partial charge < -0.3 is 10.1 Å². The fourth-order valence-electron chi connectivity index (χ4n) is 3.43. The summed E-state index contributed by atoms with van der Waals surface area (Å²) in [7, 11) is 0. The summed E-state index contributed by atoms with van der Waals surface area (Å²) in [5, 5.41) is 3.60. The fraction of sp³-hybridized carbons (Fsp3) is 0.280. The van der Waals surface area contributed by atoms with Crippen molar-refractivity contribution in [2.24, 2.45) is 5.92 Å². The Bertz CT molecular complexity index is 954. The number of amides is 1. The summed E-state index contributed by atoms with van der Waals surface area (Å²) in [5.74, 6) is -0.737. The zero-order valence-electron chi connectivity index (χ0n) is 17.6. The number of hydrogen-bond donors (Lipinski definition) is 1. The maximum absolute atomic E-state index is 13.3. The smallest absolute Gasteiger partial charge is 0.341 e. The highest BCUT2D eigenvalue weighted by atomic mass is 32.1. The second kappa shape index (κ2) is 10.2. The van der Waals surface area contributed by atoms with Gasteiger partial charge in [0.15, 0.2) is 0 Å². The molecule has 1 heterocycles. The van der Waals surface area contributed by atoms with Gasteiger partial charge in [-0.05, 0) is 50.3 Å². The normalized spacial score (nSPS) is 10.8. The molecule has 0 aliphatic carbocycles. The molecule has 0 spiro atoms. The van der Waals surface area contributed by atoms with Crippen LogP contribution >= 0.6 is 11.3 Å². The number of rotatable bonds is 8. The summed E-state index contributed by atoms with van der Waals surface area (Å²) in [4.78, 5) is 26.8. The minimum Gasteiger partial charge on any atom is -0.462 e. The van der Waals surface area contributed by atoms with Crippen LogP contribution in [0.25, 0.3) is 0 Å². The maximum atomic E-state index is 13.3. The van der Waals surface area contributed by atoms with E-state index in [2.05, 4.69) is 5.32 Å². The van der Waals surface area contributed by atoms with Crippen LogP contribution in [0.4, 0.5) is 5.00 Å². The van der Waals surface area contributed by atoms with E-state index >= 15 is 0 Å². The molecule has 0 fully saturated rings. The largest absolute Gasteiger partial charge is 0.462 e. The van der Waals surface area contributed by atoms with Gasteiger partial charge in [0.2, 0.25) is 5.91 Å². The lowest BCUT2D eigenvalue weighted by Gasteiger charge is -2.17. The van der Waals surface area contributed by atoms with E-state index in [1.807, 2.05) is 74.5 Å². The average molecular weight is 422 g/mol. The fourth-order valence-corrected chi connectivity index (χ4v) is 4.48. The van der Waals surface area contributed by atoms with Gasteiger partial charge >= 0.3 is 5.97 Å². The first-order valence-corrected chi connectivity index (χ1v) is 11.0. The van der Waals surface area contributed by atoms with Gasteiger partial charge in [-0.15, -0.1) is 11.3 Å². The molecule has 1 N–H and O–H groups in total. The Kier molecular flexibility index (Phi) is 7.41. The van der Waals surface area contributed by atoms with Crippen LogP contribution in [-0.2, 0) is 22.4 Å².